The molecule has 0 bridgehead atoms. The lowest BCUT2D eigenvalue weighted by molar-refractivity contribution is -0.144. The maximum Gasteiger partial charge on any atom is 0.407 e. The summed E-state index contributed by atoms with van der Waals surface area (Å²) in [5.41, 5.74) is 1.72. The Bertz CT molecular complexity index is 1050. The van der Waals surface area contributed by atoms with Crippen molar-refractivity contribution < 1.29 is 23.9 Å². The fourth-order valence-corrected chi connectivity index (χ4v) is 3.11. The summed E-state index contributed by atoms with van der Waals surface area (Å²) < 4.78 is 9.89. The van der Waals surface area contributed by atoms with Gasteiger partial charge in [0.25, 0.3) is 0 Å². The quantitative estimate of drug-likeness (QED) is 0.547. The number of methoxy groups -OCH3 is 1. The molecule has 0 aliphatic carbocycles. The number of hydrogen-bond acceptors (Lipinski definition) is 5. The van der Waals surface area contributed by atoms with Crippen LogP contribution in [0.3, 0.4) is 0 Å². The van der Waals surface area contributed by atoms with Crippen molar-refractivity contribution in [2.75, 3.05) is 13.7 Å². The lowest BCUT2D eigenvalue weighted by Gasteiger charge is -2.17. The van der Waals surface area contributed by atoms with Gasteiger partial charge in [-0.15, -0.1) is 0 Å². The summed E-state index contributed by atoms with van der Waals surface area (Å²) in [6, 6.07) is 22.0. The second-order valence-electron chi connectivity index (χ2n) is 6.94. The molecule has 0 fully saturated rings. The van der Waals surface area contributed by atoms with Crippen LogP contribution in [0.2, 0.25) is 0 Å². The molecule has 3 aromatic rings. The fourth-order valence-electron chi connectivity index (χ4n) is 3.11. The number of amides is 2. The molecule has 160 valence electrons. The van der Waals surface area contributed by atoms with E-state index in [1.165, 1.54) is 7.11 Å². The van der Waals surface area contributed by atoms with Crippen LogP contribution in [-0.2, 0) is 32.1 Å². The summed E-state index contributed by atoms with van der Waals surface area (Å²) in [5.74, 6) is -1.08. The first kappa shape index (κ1) is 21.8. The third-order valence-electron chi connectivity index (χ3n) is 4.68. The zero-order valence-corrected chi connectivity index (χ0v) is 17.2. The van der Waals surface area contributed by atoms with Crippen molar-refractivity contribution >= 4 is 28.7 Å². The second-order valence-corrected chi connectivity index (χ2v) is 6.94. The zero-order valence-electron chi connectivity index (χ0n) is 17.2. The minimum absolute atomic E-state index is 0.0983. The van der Waals surface area contributed by atoms with Crippen LogP contribution in [0, 0.1) is 0 Å². The van der Waals surface area contributed by atoms with Gasteiger partial charge in [0.2, 0.25) is 5.91 Å². The van der Waals surface area contributed by atoms with Gasteiger partial charge < -0.3 is 20.1 Å². The minimum Gasteiger partial charge on any atom is -0.467 e. The van der Waals surface area contributed by atoms with Gasteiger partial charge in [0.05, 0.1) is 7.11 Å². The number of carbonyl (C=O) groups is 3. The zero-order chi connectivity index (χ0) is 22.1. The van der Waals surface area contributed by atoms with Gasteiger partial charge in [0, 0.05) is 6.42 Å². The Morgan fingerprint density at radius 1 is 0.871 bits per heavy atom. The van der Waals surface area contributed by atoms with E-state index in [9.17, 15) is 14.4 Å². The van der Waals surface area contributed by atoms with Crippen molar-refractivity contribution in [1.82, 2.24) is 10.6 Å². The maximum atomic E-state index is 12.3. The molecule has 0 spiro atoms. The van der Waals surface area contributed by atoms with Gasteiger partial charge in [-0.2, -0.15) is 0 Å². The number of nitrogens with one attached hydrogen (secondary N) is 2. The van der Waals surface area contributed by atoms with Gasteiger partial charge in [-0.3, -0.25) is 4.79 Å². The van der Waals surface area contributed by atoms with Gasteiger partial charge in [0.15, 0.2) is 0 Å². The van der Waals surface area contributed by atoms with E-state index in [1.54, 1.807) is 0 Å². The molecule has 2 N–H and O–H groups in total. The summed E-state index contributed by atoms with van der Waals surface area (Å²) in [6.07, 6.45) is -0.454. The number of alkyl carbamates (subject to hydrolysis) is 1. The lowest BCUT2D eigenvalue weighted by atomic mass is 10.0. The predicted molar refractivity (Wildman–Crippen MR) is 116 cm³/mol. The number of ether oxygens (including phenoxy) is 2. The second kappa shape index (κ2) is 10.8. The normalized spacial score (nSPS) is 11.4. The van der Waals surface area contributed by atoms with Gasteiger partial charge in [-0.05, 0) is 21.9 Å². The summed E-state index contributed by atoms with van der Waals surface area (Å²) in [6.45, 7) is -0.222. The Kier molecular flexibility index (Phi) is 7.59. The van der Waals surface area contributed by atoms with Crippen molar-refractivity contribution in [2.45, 2.75) is 19.1 Å². The molecule has 2 amide bonds. The first-order valence-corrected chi connectivity index (χ1v) is 9.84. The molecule has 0 aliphatic heterocycles. The van der Waals surface area contributed by atoms with Crippen molar-refractivity contribution in [2.24, 2.45) is 0 Å². The van der Waals surface area contributed by atoms with E-state index in [-0.39, 0.29) is 19.6 Å². The molecule has 0 saturated carbocycles. The number of fused-ring (bicyclic) bond motifs is 1. The molecular formula is C24H24N2O5. The smallest absolute Gasteiger partial charge is 0.407 e. The number of carbonyl (C=O) groups excluding carboxylic acids is 3. The Labute approximate surface area is 180 Å². The van der Waals surface area contributed by atoms with Gasteiger partial charge >= 0.3 is 12.1 Å². The molecule has 3 aromatic carbocycles. The first-order chi connectivity index (χ1) is 15.0. The highest BCUT2D eigenvalue weighted by Gasteiger charge is 2.22. The third kappa shape index (κ3) is 6.57. The third-order valence-corrected chi connectivity index (χ3v) is 4.68. The molecule has 0 aromatic heterocycles. The maximum absolute atomic E-state index is 12.3. The van der Waals surface area contributed by atoms with Crippen LogP contribution in [-0.4, -0.2) is 37.7 Å². The first-order valence-electron chi connectivity index (χ1n) is 9.84. The van der Waals surface area contributed by atoms with Crippen molar-refractivity contribution in [1.29, 1.82) is 0 Å². The summed E-state index contributed by atoms with van der Waals surface area (Å²) in [4.78, 5) is 36.2. The summed E-state index contributed by atoms with van der Waals surface area (Å²) >= 11 is 0. The molecule has 0 saturated heterocycles. The molecule has 7 nitrogen and oxygen atoms in total. The number of rotatable bonds is 8. The molecule has 0 radical (unpaired) electrons. The average molecular weight is 420 g/mol. The Morgan fingerprint density at radius 2 is 1.58 bits per heavy atom. The van der Waals surface area contributed by atoms with Crippen molar-refractivity contribution in [3.05, 3.63) is 83.9 Å². The minimum atomic E-state index is -0.874. The monoisotopic (exact) mass is 420 g/mol. The van der Waals surface area contributed by atoms with Gasteiger partial charge in [-0.25, -0.2) is 9.59 Å². The molecule has 0 aliphatic rings. The molecule has 1 atom stereocenters. The van der Waals surface area contributed by atoms with Crippen LogP contribution in [0.1, 0.15) is 11.1 Å². The average Bonchev–Trinajstić information content (AvgIpc) is 2.81. The van der Waals surface area contributed by atoms with E-state index in [2.05, 4.69) is 10.6 Å². The van der Waals surface area contributed by atoms with Crippen molar-refractivity contribution in [3.8, 4) is 0 Å². The summed E-state index contributed by atoms with van der Waals surface area (Å²) in [7, 11) is 1.26. The van der Waals surface area contributed by atoms with E-state index in [0.717, 1.165) is 21.9 Å². The Hall–Kier alpha value is -3.87. The molecule has 0 heterocycles. The summed E-state index contributed by atoms with van der Waals surface area (Å²) in [5, 5.41) is 7.11. The van der Waals surface area contributed by atoms with E-state index in [1.807, 2.05) is 72.8 Å². The molecule has 7 heteroatoms. The van der Waals surface area contributed by atoms with Crippen LogP contribution < -0.4 is 10.6 Å². The van der Waals surface area contributed by atoms with E-state index in [0.29, 0.717) is 0 Å². The SMILES string of the molecule is COC(=O)[C@@H](Cc1ccc2ccccc2c1)NC(=O)CNC(=O)OCc1ccccc1. The lowest BCUT2D eigenvalue weighted by Crippen LogP contribution is -2.47. The van der Waals surface area contributed by atoms with Crippen LogP contribution >= 0.6 is 0 Å². The predicted octanol–water partition coefficient (Wildman–Crippen LogP) is 2.97. The highest BCUT2D eigenvalue weighted by molar-refractivity contribution is 5.88. The highest BCUT2D eigenvalue weighted by atomic mass is 16.5. The highest BCUT2D eigenvalue weighted by Crippen LogP contribution is 2.17. The molecule has 31 heavy (non-hydrogen) atoms. The largest absolute Gasteiger partial charge is 0.467 e. The van der Waals surface area contributed by atoms with Gasteiger partial charge in [0.1, 0.15) is 19.2 Å². The Morgan fingerprint density at radius 3 is 2.32 bits per heavy atom. The fraction of sp³-hybridized carbons (Fsp3) is 0.208. The van der Waals surface area contributed by atoms with Crippen LogP contribution in [0.5, 0.6) is 0 Å². The van der Waals surface area contributed by atoms with E-state index in [4.69, 9.17) is 9.47 Å². The van der Waals surface area contributed by atoms with E-state index >= 15 is 0 Å². The number of hydrogen-bond donors (Lipinski definition) is 2. The van der Waals surface area contributed by atoms with E-state index < -0.39 is 24.0 Å². The van der Waals surface area contributed by atoms with Gasteiger partial charge in [-0.1, -0.05) is 72.8 Å². The number of benzene rings is 3. The molecular weight excluding hydrogens is 396 g/mol. The molecule has 3 rings (SSSR count). The topological polar surface area (TPSA) is 93.7 Å². The van der Waals surface area contributed by atoms with Crippen LogP contribution in [0.15, 0.2) is 72.8 Å². The molecule has 0 unspecified atom stereocenters. The van der Waals surface area contributed by atoms with Crippen molar-refractivity contribution in [3.63, 3.8) is 0 Å². The standard InChI is InChI=1S/C24H24N2O5/c1-30-23(28)21(14-18-11-12-19-9-5-6-10-20(19)13-18)26-22(27)15-25-24(29)31-16-17-7-3-2-4-8-17/h2-13,21H,14-16H2,1H3,(H,25,29)(H,26,27)/t21-/m1/s1. The van der Waals surface area contributed by atoms with Crippen LogP contribution in [0.25, 0.3) is 10.8 Å². The van der Waals surface area contributed by atoms with Crippen LogP contribution in [0.4, 0.5) is 4.79 Å². The number of esters is 1. The Balaban J connectivity index is 1.52.